The van der Waals surface area contributed by atoms with E-state index in [0.29, 0.717) is 29.3 Å². The molecule has 1 aliphatic carbocycles. The Morgan fingerprint density at radius 2 is 1.65 bits per heavy atom. The summed E-state index contributed by atoms with van der Waals surface area (Å²) >= 11 is 5.85. The Hall–Kier alpha value is -4.10. The SMILES string of the molecule is CCCNc1ccccc1C(C)(C)CC=CC1=C(c2c(OC)n(CC)c(=S)n(CC)c2=O)C(=CC=C2N(CCC)c3ccccc3C2(C)C)CCC1. The first-order chi connectivity index (χ1) is 25.0. The number of ether oxygens (including phenoxy) is 1. The van der Waals surface area contributed by atoms with Gasteiger partial charge in [-0.3, -0.25) is 13.9 Å². The van der Waals surface area contributed by atoms with Crippen molar-refractivity contribution < 1.29 is 4.74 Å². The molecule has 278 valence electrons. The molecular weight excluding hydrogens is 661 g/mol. The van der Waals surface area contributed by atoms with Gasteiger partial charge in [-0.25, -0.2) is 0 Å². The first kappa shape index (κ1) is 39.1. The number of aromatic nitrogens is 2. The Balaban J connectivity index is 1.70. The number of rotatable bonds is 14. The molecular formula is C45H60N4O2S. The molecule has 0 bridgehead atoms. The zero-order valence-electron chi connectivity index (χ0n) is 33.1. The van der Waals surface area contributed by atoms with Gasteiger partial charge in [-0.15, -0.1) is 0 Å². The van der Waals surface area contributed by atoms with Crippen LogP contribution in [0, 0.1) is 4.77 Å². The lowest BCUT2D eigenvalue weighted by molar-refractivity contribution is 0.359. The van der Waals surface area contributed by atoms with Gasteiger partial charge in [-0.05, 0) is 116 Å². The van der Waals surface area contributed by atoms with Gasteiger partial charge in [0.15, 0.2) is 4.77 Å². The average Bonchev–Trinajstić information content (AvgIpc) is 3.35. The van der Waals surface area contributed by atoms with Crippen molar-refractivity contribution >= 4 is 29.2 Å². The lowest BCUT2D eigenvalue weighted by Crippen LogP contribution is -2.30. The standard InChI is InChI=1S/C45H60N4O2S/c1-10-30-46-36-25-16-14-23-34(36)44(5,6)29-19-22-32-20-18-21-33(39(32)40-41(50)47(12-3)43(52)48(13-4)42(40)51-9)27-28-38-45(7,8)35-24-15-17-26-37(35)49(38)31-11-2/h14-17,19,22-28,46H,10-13,18,20-21,29-31H2,1-9H3. The third-order valence-corrected chi connectivity index (χ3v) is 11.3. The molecule has 1 N–H and O–H groups in total. The maximum atomic E-state index is 14.5. The highest BCUT2D eigenvalue weighted by Gasteiger charge is 2.39. The van der Waals surface area contributed by atoms with Gasteiger partial charge in [-0.2, -0.15) is 0 Å². The van der Waals surface area contributed by atoms with Crippen LogP contribution >= 0.6 is 12.2 Å². The maximum Gasteiger partial charge on any atom is 0.266 e. The van der Waals surface area contributed by atoms with Crippen LogP contribution in [0.25, 0.3) is 5.57 Å². The number of hydrogen-bond donors (Lipinski definition) is 1. The summed E-state index contributed by atoms with van der Waals surface area (Å²) in [4.78, 5) is 17.0. The van der Waals surface area contributed by atoms with Gasteiger partial charge in [0.05, 0.1) is 7.11 Å². The number of allylic oxidation sites excluding steroid dienone is 8. The molecule has 3 aromatic rings. The topological polar surface area (TPSA) is 51.4 Å². The number of anilines is 2. The van der Waals surface area contributed by atoms with Crippen molar-refractivity contribution in [3.63, 3.8) is 0 Å². The van der Waals surface area contributed by atoms with Gasteiger partial charge in [0, 0.05) is 48.7 Å². The van der Waals surface area contributed by atoms with E-state index in [4.69, 9.17) is 17.0 Å². The van der Waals surface area contributed by atoms with E-state index in [2.05, 4.69) is 132 Å². The number of benzene rings is 2. The van der Waals surface area contributed by atoms with E-state index < -0.39 is 0 Å². The summed E-state index contributed by atoms with van der Waals surface area (Å²) in [6, 6.07) is 17.5. The molecule has 5 rings (SSSR count). The fraction of sp³-hybridized carbons (Fsp3) is 0.467. The summed E-state index contributed by atoms with van der Waals surface area (Å²) in [6.07, 6.45) is 14.9. The van der Waals surface area contributed by atoms with Crippen LogP contribution < -0.4 is 20.5 Å². The molecule has 6 nitrogen and oxygen atoms in total. The summed E-state index contributed by atoms with van der Waals surface area (Å²) in [7, 11) is 1.66. The Morgan fingerprint density at radius 3 is 2.35 bits per heavy atom. The molecule has 0 fully saturated rings. The molecule has 0 saturated heterocycles. The van der Waals surface area contributed by atoms with E-state index in [0.717, 1.165) is 62.8 Å². The molecule has 0 atom stereocenters. The molecule has 0 unspecified atom stereocenters. The average molecular weight is 721 g/mol. The van der Waals surface area contributed by atoms with Gasteiger partial charge >= 0.3 is 0 Å². The second-order valence-electron chi connectivity index (χ2n) is 15.2. The highest BCUT2D eigenvalue weighted by atomic mass is 32.1. The number of nitrogens with zero attached hydrogens (tertiary/aromatic N) is 3. The Kier molecular flexibility index (Phi) is 12.6. The summed E-state index contributed by atoms with van der Waals surface area (Å²) in [6.45, 7) is 20.8. The van der Waals surface area contributed by atoms with Gasteiger partial charge in [0.25, 0.3) is 5.56 Å². The Labute approximate surface area is 317 Å². The molecule has 0 radical (unpaired) electrons. The van der Waals surface area contributed by atoms with Crippen molar-refractivity contribution in [3.8, 4) is 5.88 Å². The van der Waals surface area contributed by atoms with Crippen molar-refractivity contribution in [3.05, 3.63) is 121 Å². The highest BCUT2D eigenvalue weighted by Crippen LogP contribution is 2.48. The lowest BCUT2D eigenvalue weighted by Gasteiger charge is -2.28. The molecule has 7 heteroatoms. The summed E-state index contributed by atoms with van der Waals surface area (Å²) in [5, 5.41) is 3.64. The van der Waals surface area contributed by atoms with Crippen LogP contribution in [0.4, 0.5) is 11.4 Å². The first-order valence-corrected chi connectivity index (χ1v) is 19.8. The van der Waals surface area contributed by atoms with E-state index >= 15 is 0 Å². The van der Waals surface area contributed by atoms with Crippen LogP contribution in [-0.2, 0) is 23.9 Å². The molecule has 0 saturated carbocycles. The summed E-state index contributed by atoms with van der Waals surface area (Å²) in [5.41, 5.74) is 10.0. The molecule has 1 aromatic heterocycles. The van der Waals surface area contributed by atoms with Gasteiger partial charge < -0.3 is 15.0 Å². The third kappa shape index (κ3) is 7.52. The van der Waals surface area contributed by atoms with Crippen LogP contribution in [0.5, 0.6) is 5.88 Å². The van der Waals surface area contributed by atoms with E-state index in [-0.39, 0.29) is 16.4 Å². The van der Waals surface area contributed by atoms with Crippen LogP contribution in [0.1, 0.15) is 111 Å². The second-order valence-corrected chi connectivity index (χ2v) is 15.6. The molecule has 1 aliphatic heterocycles. The minimum atomic E-state index is -0.153. The molecule has 0 spiro atoms. The molecule has 2 aromatic carbocycles. The zero-order chi connectivity index (χ0) is 37.6. The van der Waals surface area contributed by atoms with Crippen molar-refractivity contribution in [2.24, 2.45) is 0 Å². The number of para-hydroxylation sites is 2. The van der Waals surface area contributed by atoms with E-state index in [1.165, 1.54) is 33.8 Å². The van der Waals surface area contributed by atoms with Crippen LogP contribution in [0.2, 0.25) is 0 Å². The quantitative estimate of drug-likeness (QED) is 0.168. The van der Waals surface area contributed by atoms with Crippen LogP contribution in [-0.4, -0.2) is 29.3 Å². The molecule has 2 heterocycles. The third-order valence-electron chi connectivity index (χ3n) is 10.8. The Morgan fingerprint density at radius 1 is 0.942 bits per heavy atom. The van der Waals surface area contributed by atoms with Gasteiger partial charge in [0.2, 0.25) is 5.88 Å². The fourth-order valence-electron chi connectivity index (χ4n) is 8.12. The van der Waals surface area contributed by atoms with E-state index in [1.807, 2.05) is 11.5 Å². The van der Waals surface area contributed by atoms with Crippen LogP contribution in [0.15, 0.2) is 94.5 Å². The van der Waals surface area contributed by atoms with Crippen molar-refractivity contribution in [2.75, 3.05) is 30.4 Å². The van der Waals surface area contributed by atoms with Gasteiger partial charge in [0.1, 0.15) is 5.56 Å². The fourth-order valence-corrected chi connectivity index (χ4v) is 8.55. The van der Waals surface area contributed by atoms with E-state index in [1.54, 1.807) is 11.7 Å². The monoisotopic (exact) mass is 720 g/mol. The van der Waals surface area contributed by atoms with Crippen molar-refractivity contribution in [1.82, 2.24) is 9.13 Å². The predicted molar refractivity (Wildman–Crippen MR) is 223 cm³/mol. The smallest absolute Gasteiger partial charge is 0.266 e. The van der Waals surface area contributed by atoms with Crippen molar-refractivity contribution in [1.29, 1.82) is 0 Å². The van der Waals surface area contributed by atoms with Crippen LogP contribution in [0.3, 0.4) is 0 Å². The van der Waals surface area contributed by atoms with Gasteiger partial charge in [-0.1, -0.05) is 96.2 Å². The molecule has 52 heavy (non-hydrogen) atoms. The zero-order valence-corrected chi connectivity index (χ0v) is 33.9. The first-order valence-electron chi connectivity index (χ1n) is 19.4. The molecule has 2 aliphatic rings. The van der Waals surface area contributed by atoms with E-state index in [9.17, 15) is 4.79 Å². The normalized spacial score (nSPS) is 17.4. The molecule has 0 amide bonds. The predicted octanol–water partition coefficient (Wildman–Crippen LogP) is 11.1. The lowest BCUT2D eigenvalue weighted by atomic mass is 9.79. The number of nitrogens with one attached hydrogen (secondary N) is 1. The number of methoxy groups -OCH3 is 1. The minimum absolute atomic E-state index is 0.0899. The summed E-state index contributed by atoms with van der Waals surface area (Å²) in [5.74, 6) is 0.543. The maximum absolute atomic E-state index is 14.5. The minimum Gasteiger partial charge on any atom is -0.482 e. The summed E-state index contributed by atoms with van der Waals surface area (Å²) < 4.78 is 10.3. The number of fused-ring (bicyclic) bond motifs is 1. The van der Waals surface area contributed by atoms with Crippen molar-refractivity contribution in [2.45, 2.75) is 118 Å². The number of hydrogen-bond acceptors (Lipinski definition) is 5. The second kappa shape index (κ2) is 16.7. The highest BCUT2D eigenvalue weighted by molar-refractivity contribution is 7.71. The Bertz CT molecular complexity index is 2010. The largest absolute Gasteiger partial charge is 0.482 e.